The Labute approximate surface area is 118 Å². The third-order valence-corrected chi connectivity index (χ3v) is 3.76. The van der Waals surface area contributed by atoms with Crippen molar-refractivity contribution in [3.05, 3.63) is 28.3 Å². The summed E-state index contributed by atoms with van der Waals surface area (Å²) < 4.78 is 10.4. The Bertz CT molecular complexity index is 472. The standard InChI is InChI=1S/C14H20N2O4/c1-10(11-6-8-20-9-7-11)15-12-4-3-5-13(19-2)14(12)16(17)18/h3-5,10-11,15H,6-9H2,1-2H3. The minimum Gasteiger partial charge on any atom is -0.490 e. The van der Waals surface area contributed by atoms with Gasteiger partial charge in [-0.05, 0) is 37.8 Å². The minimum absolute atomic E-state index is 0.00564. The van der Waals surface area contributed by atoms with E-state index >= 15 is 0 Å². The van der Waals surface area contributed by atoms with Gasteiger partial charge in [0.2, 0.25) is 0 Å². The van der Waals surface area contributed by atoms with E-state index in [-0.39, 0.29) is 17.5 Å². The highest BCUT2D eigenvalue weighted by atomic mass is 16.6. The zero-order valence-electron chi connectivity index (χ0n) is 11.8. The van der Waals surface area contributed by atoms with Crippen molar-refractivity contribution in [3.63, 3.8) is 0 Å². The molecule has 6 heteroatoms. The number of benzene rings is 1. The van der Waals surface area contributed by atoms with Crippen molar-refractivity contribution in [3.8, 4) is 5.75 Å². The molecule has 1 aromatic carbocycles. The molecule has 1 saturated heterocycles. The van der Waals surface area contributed by atoms with Gasteiger partial charge in [0.1, 0.15) is 5.69 Å². The van der Waals surface area contributed by atoms with Crippen LogP contribution in [0.3, 0.4) is 0 Å². The van der Waals surface area contributed by atoms with Crippen LogP contribution in [0.1, 0.15) is 19.8 Å². The quantitative estimate of drug-likeness (QED) is 0.663. The molecule has 1 aromatic rings. The Kier molecular flexibility index (Phi) is 4.79. The highest BCUT2D eigenvalue weighted by molar-refractivity contribution is 5.68. The summed E-state index contributed by atoms with van der Waals surface area (Å²) in [5.74, 6) is 0.744. The van der Waals surface area contributed by atoms with Crippen molar-refractivity contribution in [2.75, 3.05) is 25.6 Å². The summed E-state index contributed by atoms with van der Waals surface area (Å²) in [6, 6.07) is 5.23. The van der Waals surface area contributed by atoms with E-state index < -0.39 is 4.92 Å². The number of anilines is 1. The molecule has 1 aliphatic rings. The molecule has 0 radical (unpaired) electrons. The first-order valence-corrected chi connectivity index (χ1v) is 6.79. The number of nitrogens with one attached hydrogen (secondary N) is 1. The maximum absolute atomic E-state index is 11.2. The van der Waals surface area contributed by atoms with Crippen molar-refractivity contribution in [2.24, 2.45) is 5.92 Å². The number of nitro groups is 1. The van der Waals surface area contributed by atoms with Gasteiger partial charge in [-0.1, -0.05) is 6.07 Å². The highest BCUT2D eigenvalue weighted by Gasteiger charge is 2.25. The molecule has 0 spiro atoms. The second-order valence-electron chi connectivity index (χ2n) is 5.00. The second-order valence-corrected chi connectivity index (χ2v) is 5.00. The summed E-state index contributed by atoms with van der Waals surface area (Å²) in [6.07, 6.45) is 1.96. The van der Waals surface area contributed by atoms with E-state index in [4.69, 9.17) is 9.47 Å². The molecule has 20 heavy (non-hydrogen) atoms. The molecule has 1 aliphatic heterocycles. The molecule has 1 unspecified atom stereocenters. The normalized spacial score (nSPS) is 17.5. The van der Waals surface area contributed by atoms with Crippen molar-refractivity contribution in [1.29, 1.82) is 0 Å². The van der Waals surface area contributed by atoms with Gasteiger partial charge in [0, 0.05) is 19.3 Å². The number of hydrogen-bond acceptors (Lipinski definition) is 5. The van der Waals surface area contributed by atoms with E-state index in [9.17, 15) is 10.1 Å². The SMILES string of the molecule is COc1cccc(NC(C)C2CCOCC2)c1[N+](=O)[O-]. The molecular weight excluding hydrogens is 260 g/mol. The van der Waals surface area contributed by atoms with Crippen LogP contribution in [0.5, 0.6) is 5.75 Å². The van der Waals surface area contributed by atoms with E-state index in [1.807, 2.05) is 0 Å². The van der Waals surface area contributed by atoms with Crippen LogP contribution in [0.4, 0.5) is 11.4 Å². The third kappa shape index (κ3) is 3.19. The highest BCUT2D eigenvalue weighted by Crippen LogP contribution is 2.35. The number of methoxy groups -OCH3 is 1. The Balaban J connectivity index is 2.17. The predicted octanol–water partition coefficient (Wildman–Crippen LogP) is 2.83. The molecule has 0 saturated carbocycles. The van der Waals surface area contributed by atoms with Crippen LogP contribution in [-0.2, 0) is 4.74 Å². The third-order valence-electron chi connectivity index (χ3n) is 3.76. The second kappa shape index (κ2) is 6.56. The summed E-state index contributed by atoms with van der Waals surface area (Å²) in [4.78, 5) is 10.8. The lowest BCUT2D eigenvalue weighted by Crippen LogP contribution is -2.31. The van der Waals surface area contributed by atoms with Crippen LogP contribution in [0.25, 0.3) is 0 Å². The van der Waals surface area contributed by atoms with Gasteiger partial charge in [0.25, 0.3) is 0 Å². The fourth-order valence-electron chi connectivity index (χ4n) is 2.57. The van der Waals surface area contributed by atoms with Gasteiger partial charge < -0.3 is 14.8 Å². The topological polar surface area (TPSA) is 73.6 Å². The molecule has 0 aromatic heterocycles. The van der Waals surface area contributed by atoms with Crippen molar-refractivity contribution in [2.45, 2.75) is 25.8 Å². The van der Waals surface area contributed by atoms with Crippen LogP contribution in [0, 0.1) is 16.0 Å². The van der Waals surface area contributed by atoms with Crippen molar-refractivity contribution < 1.29 is 14.4 Å². The van der Waals surface area contributed by atoms with E-state index in [0.29, 0.717) is 11.6 Å². The van der Waals surface area contributed by atoms with E-state index in [0.717, 1.165) is 26.1 Å². The first-order chi connectivity index (χ1) is 9.63. The molecule has 0 aliphatic carbocycles. The first kappa shape index (κ1) is 14.6. The molecule has 6 nitrogen and oxygen atoms in total. The van der Waals surface area contributed by atoms with E-state index in [2.05, 4.69) is 12.2 Å². The van der Waals surface area contributed by atoms with Gasteiger partial charge in [-0.2, -0.15) is 0 Å². The van der Waals surface area contributed by atoms with Gasteiger partial charge in [-0.15, -0.1) is 0 Å². The van der Waals surface area contributed by atoms with Gasteiger partial charge >= 0.3 is 5.69 Å². The van der Waals surface area contributed by atoms with Crippen LogP contribution in [-0.4, -0.2) is 31.3 Å². The summed E-state index contributed by atoms with van der Waals surface area (Å²) in [5.41, 5.74) is 0.502. The van der Waals surface area contributed by atoms with E-state index in [1.54, 1.807) is 18.2 Å². The molecule has 1 N–H and O–H groups in total. The lowest BCUT2D eigenvalue weighted by atomic mass is 9.92. The summed E-state index contributed by atoms with van der Waals surface area (Å²) in [6.45, 7) is 3.58. The zero-order chi connectivity index (χ0) is 14.5. The number of para-hydroxylation sites is 1. The lowest BCUT2D eigenvalue weighted by Gasteiger charge is -2.29. The van der Waals surface area contributed by atoms with Gasteiger partial charge in [-0.3, -0.25) is 10.1 Å². The Morgan fingerprint density at radius 3 is 2.75 bits per heavy atom. The Morgan fingerprint density at radius 2 is 2.15 bits per heavy atom. The molecule has 1 fully saturated rings. The van der Waals surface area contributed by atoms with Gasteiger partial charge in [0.05, 0.1) is 12.0 Å². The molecule has 1 heterocycles. The molecule has 110 valence electrons. The van der Waals surface area contributed by atoms with Crippen LogP contribution < -0.4 is 10.1 Å². The number of hydrogen-bond donors (Lipinski definition) is 1. The summed E-state index contributed by atoms with van der Waals surface area (Å²) >= 11 is 0. The number of nitro benzene ring substituents is 1. The zero-order valence-corrected chi connectivity index (χ0v) is 11.8. The number of rotatable bonds is 5. The predicted molar refractivity (Wildman–Crippen MR) is 76.3 cm³/mol. The lowest BCUT2D eigenvalue weighted by molar-refractivity contribution is -0.384. The van der Waals surface area contributed by atoms with Crippen LogP contribution in [0.15, 0.2) is 18.2 Å². The minimum atomic E-state index is -0.405. The van der Waals surface area contributed by atoms with Crippen molar-refractivity contribution in [1.82, 2.24) is 0 Å². The average molecular weight is 280 g/mol. The smallest absolute Gasteiger partial charge is 0.333 e. The number of ether oxygens (including phenoxy) is 2. The number of nitrogens with zero attached hydrogens (tertiary/aromatic N) is 1. The molecule has 0 amide bonds. The van der Waals surface area contributed by atoms with Crippen molar-refractivity contribution >= 4 is 11.4 Å². The van der Waals surface area contributed by atoms with Crippen LogP contribution in [0.2, 0.25) is 0 Å². The summed E-state index contributed by atoms with van der Waals surface area (Å²) in [7, 11) is 1.44. The Hall–Kier alpha value is -1.82. The molecule has 1 atom stereocenters. The molecule has 0 bridgehead atoms. The molecular formula is C14H20N2O4. The molecule has 2 rings (SSSR count). The van der Waals surface area contributed by atoms with E-state index in [1.165, 1.54) is 7.11 Å². The van der Waals surface area contributed by atoms with Crippen LogP contribution >= 0.6 is 0 Å². The van der Waals surface area contributed by atoms with Gasteiger partial charge in [-0.25, -0.2) is 0 Å². The fraction of sp³-hybridized carbons (Fsp3) is 0.571. The fourth-order valence-corrected chi connectivity index (χ4v) is 2.57. The maximum atomic E-state index is 11.2. The van der Waals surface area contributed by atoms with Gasteiger partial charge in [0.15, 0.2) is 5.75 Å². The Morgan fingerprint density at radius 1 is 1.45 bits per heavy atom. The monoisotopic (exact) mass is 280 g/mol. The average Bonchev–Trinajstić information content (AvgIpc) is 2.47. The first-order valence-electron chi connectivity index (χ1n) is 6.79. The summed E-state index contributed by atoms with van der Waals surface area (Å²) in [5, 5.41) is 14.5. The largest absolute Gasteiger partial charge is 0.490 e. The maximum Gasteiger partial charge on any atom is 0.333 e.